The van der Waals surface area contributed by atoms with Crippen LogP contribution >= 0.6 is 0 Å². The molecule has 0 aliphatic carbocycles. The van der Waals surface area contributed by atoms with Crippen molar-refractivity contribution in [2.24, 2.45) is 11.7 Å². The highest BCUT2D eigenvalue weighted by Crippen LogP contribution is 2.11. The van der Waals surface area contributed by atoms with Crippen LogP contribution in [0.4, 0.5) is 0 Å². The third-order valence-corrected chi connectivity index (χ3v) is 3.09. The Morgan fingerprint density at radius 2 is 1.76 bits per heavy atom. The van der Waals surface area contributed by atoms with Gasteiger partial charge in [-0.2, -0.15) is 0 Å². The van der Waals surface area contributed by atoms with Gasteiger partial charge in [0.15, 0.2) is 0 Å². The first-order valence-corrected chi connectivity index (χ1v) is 6.48. The van der Waals surface area contributed by atoms with Gasteiger partial charge in [0.05, 0.1) is 0 Å². The third kappa shape index (κ3) is 5.33. The average Bonchev–Trinajstić information content (AvgIpc) is 2.30. The summed E-state index contributed by atoms with van der Waals surface area (Å²) in [5, 5.41) is 0. The zero-order valence-electron chi connectivity index (χ0n) is 11.3. The van der Waals surface area contributed by atoms with E-state index in [1.165, 1.54) is 11.1 Å². The lowest BCUT2D eigenvalue weighted by molar-refractivity contribution is 0.152. The molecule has 2 atom stereocenters. The van der Waals surface area contributed by atoms with Gasteiger partial charge in [0.25, 0.3) is 0 Å². The van der Waals surface area contributed by atoms with Gasteiger partial charge in [-0.15, -0.1) is 0 Å². The van der Waals surface area contributed by atoms with Gasteiger partial charge in [0, 0.05) is 19.8 Å². The Kier molecular flexibility index (Phi) is 6.23. The summed E-state index contributed by atoms with van der Waals surface area (Å²) < 4.78 is 5.13. The Hall–Kier alpha value is -0.860. The fourth-order valence-electron chi connectivity index (χ4n) is 2.17. The van der Waals surface area contributed by atoms with Crippen LogP contribution in [0.1, 0.15) is 31.4 Å². The molecule has 1 aromatic rings. The fourth-order valence-corrected chi connectivity index (χ4v) is 2.17. The van der Waals surface area contributed by atoms with Crippen LogP contribution in [0.5, 0.6) is 0 Å². The molecule has 2 nitrogen and oxygen atoms in total. The first-order valence-electron chi connectivity index (χ1n) is 6.48. The van der Waals surface area contributed by atoms with Gasteiger partial charge in [0.2, 0.25) is 0 Å². The number of benzene rings is 1. The van der Waals surface area contributed by atoms with Gasteiger partial charge >= 0.3 is 0 Å². The van der Waals surface area contributed by atoms with E-state index in [9.17, 15) is 0 Å². The molecule has 0 amide bonds. The zero-order valence-corrected chi connectivity index (χ0v) is 11.3. The van der Waals surface area contributed by atoms with Gasteiger partial charge in [-0.1, -0.05) is 38.1 Å². The van der Waals surface area contributed by atoms with E-state index in [0.717, 1.165) is 25.9 Å². The topological polar surface area (TPSA) is 35.2 Å². The van der Waals surface area contributed by atoms with E-state index in [-0.39, 0.29) is 6.04 Å². The largest absolute Gasteiger partial charge is 0.384 e. The lowest BCUT2D eigenvalue weighted by atomic mass is 9.97. The summed E-state index contributed by atoms with van der Waals surface area (Å²) >= 11 is 0. The molecule has 0 heterocycles. The van der Waals surface area contributed by atoms with Crippen LogP contribution in [0.15, 0.2) is 24.3 Å². The molecule has 2 N–H and O–H groups in total. The quantitative estimate of drug-likeness (QED) is 0.788. The molecule has 2 heteroatoms. The number of ether oxygens (including phenoxy) is 1. The number of aryl methyl sites for hydroxylation is 1. The maximum atomic E-state index is 6.15. The minimum absolute atomic E-state index is 0.229. The van der Waals surface area contributed by atoms with E-state index in [0.29, 0.717) is 5.92 Å². The smallest absolute Gasteiger partial charge is 0.0488 e. The Bertz CT molecular complexity index is 307. The normalized spacial score (nSPS) is 14.6. The second-order valence-electron chi connectivity index (χ2n) is 4.93. The van der Waals surface area contributed by atoms with Gasteiger partial charge < -0.3 is 10.5 Å². The monoisotopic (exact) mass is 235 g/mol. The van der Waals surface area contributed by atoms with E-state index in [4.69, 9.17) is 10.5 Å². The van der Waals surface area contributed by atoms with Crippen LogP contribution in [0.25, 0.3) is 0 Å². The van der Waals surface area contributed by atoms with Crippen molar-refractivity contribution in [3.05, 3.63) is 35.4 Å². The molecule has 0 saturated heterocycles. The Morgan fingerprint density at radius 1 is 1.18 bits per heavy atom. The number of rotatable bonds is 7. The second-order valence-corrected chi connectivity index (χ2v) is 4.93. The number of nitrogens with two attached hydrogens (primary N) is 1. The molecule has 0 aliphatic rings. The summed E-state index contributed by atoms with van der Waals surface area (Å²) in [6.07, 6.45) is 3.07. The highest BCUT2D eigenvalue weighted by molar-refractivity contribution is 5.23. The van der Waals surface area contributed by atoms with Crippen LogP contribution in [0, 0.1) is 5.92 Å². The molecule has 0 aromatic heterocycles. The molecule has 17 heavy (non-hydrogen) atoms. The van der Waals surface area contributed by atoms with Crippen molar-refractivity contribution in [3.63, 3.8) is 0 Å². The highest BCUT2D eigenvalue weighted by Gasteiger charge is 2.09. The standard InChI is InChI=1S/C15H25NO/c1-4-13-5-7-14(8-6-13)10-15(16)9-12(2)11-17-3/h5-8,12,15H,4,9-11,16H2,1-3H3. The zero-order chi connectivity index (χ0) is 12.7. The van der Waals surface area contributed by atoms with Gasteiger partial charge in [0.1, 0.15) is 0 Å². The van der Waals surface area contributed by atoms with Crippen molar-refractivity contribution in [1.82, 2.24) is 0 Å². The van der Waals surface area contributed by atoms with E-state index < -0.39 is 0 Å². The fraction of sp³-hybridized carbons (Fsp3) is 0.600. The van der Waals surface area contributed by atoms with Crippen molar-refractivity contribution in [3.8, 4) is 0 Å². The van der Waals surface area contributed by atoms with E-state index in [1.807, 2.05) is 0 Å². The molecular formula is C15H25NO. The van der Waals surface area contributed by atoms with E-state index in [2.05, 4.69) is 38.1 Å². The first kappa shape index (κ1) is 14.2. The van der Waals surface area contributed by atoms with Crippen LogP contribution in [-0.4, -0.2) is 19.8 Å². The molecule has 1 rings (SSSR count). The molecule has 0 fully saturated rings. The number of hydrogen-bond donors (Lipinski definition) is 1. The van der Waals surface area contributed by atoms with Crippen molar-refractivity contribution in [1.29, 1.82) is 0 Å². The molecular weight excluding hydrogens is 210 g/mol. The molecule has 0 saturated carbocycles. The van der Waals surface area contributed by atoms with Crippen LogP contribution in [0.2, 0.25) is 0 Å². The van der Waals surface area contributed by atoms with Gasteiger partial charge in [-0.25, -0.2) is 0 Å². The molecule has 0 aliphatic heterocycles. The molecule has 0 bridgehead atoms. The van der Waals surface area contributed by atoms with E-state index in [1.54, 1.807) is 7.11 Å². The summed E-state index contributed by atoms with van der Waals surface area (Å²) in [6, 6.07) is 9.01. The predicted molar refractivity (Wildman–Crippen MR) is 73.2 cm³/mol. The molecule has 2 unspecified atom stereocenters. The summed E-state index contributed by atoms with van der Waals surface area (Å²) in [5.74, 6) is 0.532. The SMILES string of the molecule is CCc1ccc(CC(N)CC(C)COC)cc1. The summed E-state index contributed by atoms with van der Waals surface area (Å²) in [4.78, 5) is 0. The van der Waals surface area contributed by atoms with Gasteiger partial charge in [-0.05, 0) is 36.3 Å². The maximum absolute atomic E-state index is 6.15. The minimum Gasteiger partial charge on any atom is -0.384 e. The Labute approximate surface area is 105 Å². The van der Waals surface area contributed by atoms with Crippen LogP contribution < -0.4 is 5.73 Å². The molecule has 0 spiro atoms. The predicted octanol–water partition coefficient (Wildman–Crippen LogP) is 2.79. The lowest BCUT2D eigenvalue weighted by Crippen LogP contribution is -2.26. The van der Waals surface area contributed by atoms with Crippen molar-refractivity contribution >= 4 is 0 Å². The van der Waals surface area contributed by atoms with Crippen molar-refractivity contribution in [2.45, 2.75) is 39.2 Å². The van der Waals surface area contributed by atoms with Crippen LogP contribution in [0.3, 0.4) is 0 Å². The lowest BCUT2D eigenvalue weighted by Gasteiger charge is -2.16. The third-order valence-electron chi connectivity index (χ3n) is 3.09. The number of hydrogen-bond acceptors (Lipinski definition) is 2. The summed E-state index contributed by atoms with van der Waals surface area (Å²) in [7, 11) is 1.74. The first-order chi connectivity index (χ1) is 8.15. The average molecular weight is 235 g/mol. The highest BCUT2D eigenvalue weighted by atomic mass is 16.5. The maximum Gasteiger partial charge on any atom is 0.0488 e. The Balaban J connectivity index is 2.41. The second kappa shape index (κ2) is 7.46. The minimum atomic E-state index is 0.229. The summed E-state index contributed by atoms with van der Waals surface area (Å²) in [6.45, 7) is 5.15. The summed E-state index contributed by atoms with van der Waals surface area (Å²) in [5.41, 5.74) is 8.87. The molecule has 0 radical (unpaired) electrons. The van der Waals surface area contributed by atoms with Crippen LogP contribution in [-0.2, 0) is 17.6 Å². The molecule has 1 aromatic carbocycles. The molecule has 96 valence electrons. The number of methoxy groups -OCH3 is 1. The van der Waals surface area contributed by atoms with Crippen molar-refractivity contribution in [2.75, 3.05) is 13.7 Å². The van der Waals surface area contributed by atoms with E-state index >= 15 is 0 Å². The Morgan fingerprint density at radius 3 is 2.29 bits per heavy atom. The van der Waals surface area contributed by atoms with Crippen molar-refractivity contribution < 1.29 is 4.74 Å². The van der Waals surface area contributed by atoms with Gasteiger partial charge in [-0.3, -0.25) is 0 Å².